The third-order valence-corrected chi connectivity index (χ3v) is 6.42. The average Bonchev–Trinajstić information content (AvgIpc) is 2.38. The van der Waals surface area contributed by atoms with Gasteiger partial charge in [-0.05, 0) is 43.7 Å². The number of hydrogen-bond acceptors (Lipinski definition) is 1. The summed E-state index contributed by atoms with van der Waals surface area (Å²) in [6.07, 6.45) is 5.20. The molecule has 0 spiro atoms. The van der Waals surface area contributed by atoms with Crippen LogP contribution in [0.3, 0.4) is 0 Å². The summed E-state index contributed by atoms with van der Waals surface area (Å²) < 4.78 is 0. The molecule has 0 aliphatic heterocycles. The fraction of sp³-hybridized carbons (Fsp3) is 0.647. The van der Waals surface area contributed by atoms with Crippen LogP contribution in [0.5, 0.6) is 0 Å². The SMILES string of the molecule is CCCC(CBr)(CCC)CSc1ccc(C)cc1C. The maximum atomic E-state index is 3.77. The zero-order valence-electron chi connectivity index (χ0n) is 12.8. The largest absolute Gasteiger partial charge is 0.125 e. The quantitative estimate of drug-likeness (QED) is 0.390. The topological polar surface area (TPSA) is 0 Å². The van der Waals surface area contributed by atoms with E-state index in [2.05, 4.69) is 61.8 Å². The molecule has 0 aliphatic carbocycles. The van der Waals surface area contributed by atoms with Crippen LogP contribution in [0.25, 0.3) is 0 Å². The van der Waals surface area contributed by atoms with Crippen molar-refractivity contribution < 1.29 is 0 Å². The van der Waals surface area contributed by atoms with E-state index in [1.807, 2.05) is 11.8 Å². The summed E-state index contributed by atoms with van der Waals surface area (Å²) in [5.41, 5.74) is 3.24. The predicted octanol–water partition coefficient (Wildman–Crippen LogP) is 6.38. The molecule has 0 saturated heterocycles. The van der Waals surface area contributed by atoms with Gasteiger partial charge in [-0.2, -0.15) is 0 Å². The van der Waals surface area contributed by atoms with Crippen molar-refractivity contribution in [2.45, 2.75) is 58.3 Å². The molecule has 0 aromatic heterocycles. The van der Waals surface area contributed by atoms with E-state index in [1.54, 1.807) is 0 Å². The van der Waals surface area contributed by atoms with Crippen LogP contribution in [-0.4, -0.2) is 11.1 Å². The van der Waals surface area contributed by atoms with Gasteiger partial charge in [0, 0.05) is 16.0 Å². The van der Waals surface area contributed by atoms with Crippen molar-refractivity contribution in [3.05, 3.63) is 29.3 Å². The molecule has 0 N–H and O–H groups in total. The van der Waals surface area contributed by atoms with Gasteiger partial charge in [0.2, 0.25) is 0 Å². The highest BCUT2D eigenvalue weighted by Gasteiger charge is 2.27. The van der Waals surface area contributed by atoms with E-state index >= 15 is 0 Å². The second kappa shape index (κ2) is 8.36. The number of rotatable bonds is 8. The summed E-state index contributed by atoms with van der Waals surface area (Å²) in [7, 11) is 0. The van der Waals surface area contributed by atoms with Crippen LogP contribution >= 0.6 is 27.7 Å². The number of thioether (sulfide) groups is 1. The molecular weight excluding hydrogens is 316 g/mol. The Morgan fingerprint density at radius 1 is 1.11 bits per heavy atom. The van der Waals surface area contributed by atoms with Crippen LogP contribution in [0.1, 0.15) is 50.7 Å². The maximum absolute atomic E-state index is 3.77. The summed E-state index contributed by atoms with van der Waals surface area (Å²) in [5, 5.41) is 1.12. The molecule has 0 heterocycles. The van der Waals surface area contributed by atoms with Crippen LogP contribution in [-0.2, 0) is 0 Å². The molecule has 0 radical (unpaired) electrons. The zero-order chi connectivity index (χ0) is 14.3. The van der Waals surface area contributed by atoms with Crippen molar-refractivity contribution in [1.29, 1.82) is 0 Å². The van der Waals surface area contributed by atoms with Crippen LogP contribution in [0.4, 0.5) is 0 Å². The molecule has 1 rings (SSSR count). The number of alkyl halides is 1. The van der Waals surface area contributed by atoms with E-state index in [9.17, 15) is 0 Å². The molecule has 0 aliphatic rings. The van der Waals surface area contributed by atoms with Gasteiger partial charge in [0.05, 0.1) is 0 Å². The normalized spacial score (nSPS) is 11.8. The van der Waals surface area contributed by atoms with Gasteiger partial charge in [0.1, 0.15) is 0 Å². The zero-order valence-corrected chi connectivity index (χ0v) is 15.2. The number of halogens is 1. The standard InChI is InChI=1S/C17H27BrS/c1-5-9-17(12-18,10-6-2)13-19-16-8-7-14(3)11-15(16)4/h7-8,11H,5-6,9-10,12-13H2,1-4H3. The summed E-state index contributed by atoms with van der Waals surface area (Å²) in [6, 6.07) is 6.80. The molecule has 0 atom stereocenters. The summed E-state index contributed by atoms with van der Waals surface area (Å²) >= 11 is 5.80. The smallest absolute Gasteiger partial charge is 0.0102 e. The lowest BCUT2D eigenvalue weighted by atomic mass is 9.83. The lowest BCUT2D eigenvalue weighted by molar-refractivity contribution is 0.320. The minimum absolute atomic E-state index is 0.464. The monoisotopic (exact) mass is 342 g/mol. The average molecular weight is 343 g/mol. The third kappa shape index (κ3) is 5.15. The van der Waals surface area contributed by atoms with Crippen LogP contribution in [0.15, 0.2) is 23.1 Å². The van der Waals surface area contributed by atoms with Crippen molar-refractivity contribution in [3.63, 3.8) is 0 Å². The molecule has 1 aromatic rings. The van der Waals surface area contributed by atoms with Crippen LogP contribution < -0.4 is 0 Å². The molecule has 0 unspecified atom stereocenters. The predicted molar refractivity (Wildman–Crippen MR) is 92.7 cm³/mol. The highest BCUT2D eigenvalue weighted by atomic mass is 79.9. The van der Waals surface area contributed by atoms with E-state index in [0.717, 1.165) is 5.33 Å². The summed E-state index contributed by atoms with van der Waals surface area (Å²) in [4.78, 5) is 1.45. The molecule has 0 bridgehead atoms. The second-order valence-electron chi connectivity index (χ2n) is 5.69. The second-order valence-corrected chi connectivity index (χ2v) is 7.27. The first-order valence-corrected chi connectivity index (χ1v) is 9.43. The lowest BCUT2D eigenvalue weighted by Gasteiger charge is -2.31. The van der Waals surface area contributed by atoms with E-state index < -0.39 is 0 Å². The van der Waals surface area contributed by atoms with Crippen molar-refractivity contribution in [2.75, 3.05) is 11.1 Å². The molecule has 1 aromatic carbocycles. The number of benzene rings is 1. The summed E-state index contributed by atoms with van der Waals surface area (Å²) in [5.74, 6) is 1.23. The van der Waals surface area contributed by atoms with Crippen LogP contribution in [0.2, 0.25) is 0 Å². The summed E-state index contributed by atoms with van der Waals surface area (Å²) in [6.45, 7) is 8.99. The highest BCUT2D eigenvalue weighted by Crippen LogP contribution is 2.38. The maximum Gasteiger partial charge on any atom is 0.0102 e. The first kappa shape index (κ1) is 17.1. The lowest BCUT2D eigenvalue weighted by Crippen LogP contribution is -2.25. The molecule has 0 nitrogen and oxygen atoms in total. The Kier molecular flexibility index (Phi) is 7.53. The fourth-order valence-electron chi connectivity index (χ4n) is 2.69. The Morgan fingerprint density at radius 2 is 1.74 bits per heavy atom. The van der Waals surface area contributed by atoms with E-state index in [1.165, 1.54) is 47.5 Å². The molecule has 0 amide bonds. The van der Waals surface area contributed by atoms with Crippen molar-refractivity contribution in [2.24, 2.45) is 5.41 Å². The molecule has 0 saturated carbocycles. The van der Waals surface area contributed by atoms with Crippen molar-refractivity contribution in [3.8, 4) is 0 Å². The number of aryl methyl sites for hydroxylation is 2. The van der Waals surface area contributed by atoms with Gasteiger partial charge in [-0.1, -0.05) is 60.3 Å². The Balaban J connectivity index is 2.74. The van der Waals surface area contributed by atoms with Crippen molar-refractivity contribution in [1.82, 2.24) is 0 Å². The Bertz CT molecular complexity index is 381. The molecular formula is C17H27BrS. The fourth-order valence-corrected chi connectivity index (χ4v) is 5.02. The first-order valence-electron chi connectivity index (χ1n) is 7.33. The van der Waals surface area contributed by atoms with Crippen LogP contribution in [0, 0.1) is 19.3 Å². The van der Waals surface area contributed by atoms with Crippen molar-refractivity contribution >= 4 is 27.7 Å². The minimum Gasteiger partial charge on any atom is -0.125 e. The minimum atomic E-state index is 0.464. The highest BCUT2D eigenvalue weighted by molar-refractivity contribution is 9.09. The Hall–Kier alpha value is 0.0500. The van der Waals surface area contributed by atoms with Gasteiger partial charge in [-0.15, -0.1) is 11.8 Å². The number of hydrogen-bond donors (Lipinski definition) is 0. The van der Waals surface area contributed by atoms with E-state index in [-0.39, 0.29) is 0 Å². The Labute approximate surface area is 131 Å². The van der Waals surface area contributed by atoms with Gasteiger partial charge in [0.15, 0.2) is 0 Å². The third-order valence-electron chi connectivity index (χ3n) is 3.71. The molecule has 2 heteroatoms. The van der Waals surface area contributed by atoms with Gasteiger partial charge in [-0.25, -0.2) is 0 Å². The van der Waals surface area contributed by atoms with Gasteiger partial charge in [0.25, 0.3) is 0 Å². The van der Waals surface area contributed by atoms with Gasteiger partial charge < -0.3 is 0 Å². The van der Waals surface area contributed by atoms with E-state index in [0.29, 0.717) is 5.41 Å². The van der Waals surface area contributed by atoms with Gasteiger partial charge >= 0.3 is 0 Å². The first-order chi connectivity index (χ1) is 9.06. The molecule has 108 valence electrons. The van der Waals surface area contributed by atoms with E-state index in [4.69, 9.17) is 0 Å². The molecule has 19 heavy (non-hydrogen) atoms. The molecule has 0 fully saturated rings. The Morgan fingerprint density at radius 3 is 2.21 bits per heavy atom. The van der Waals surface area contributed by atoms with Gasteiger partial charge in [-0.3, -0.25) is 0 Å².